The van der Waals surface area contributed by atoms with Crippen LogP contribution in [0.1, 0.15) is 24.0 Å². The number of halogens is 2. The molecule has 2 aliphatic heterocycles. The average Bonchev–Trinajstić information content (AvgIpc) is 3.10. The molecule has 1 unspecified atom stereocenters. The predicted octanol–water partition coefficient (Wildman–Crippen LogP) is 3.03. The molecule has 6 nitrogen and oxygen atoms in total. The van der Waals surface area contributed by atoms with Gasteiger partial charge in [0.2, 0.25) is 17.7 Å². The largest absolute Gasteiger partial charge is 0.351 e. The summed E-state index contributed by atoms with van der Waals surface area (Å²) in [4.78, 5) is 38.4. The number of benzene rings is 2. The standard InChI is InChI=1S/C21H19ClFN3O3/c22-19-13(2-1-3-16(19)23)11-24-20(28)15-8-9-26(21(15)29)14-5-6-17-12(10-14)4-7-18(27)25-17/h1-3,5-6,10,15H,4,7-9,11H2,(H,24,28)(H,25,27). The third kappa shape index (κ3) is 3.82. The van der Waals surface area contributed by atoms with Crippen molar-refractivity contribution in [3.63, 3.8) is 0 Å². The third-order valence-corrected chi connectivity index (χ3v) is 5.73. The van der Waals surface area contributed by atoms with Crippen molar-refractivity contribution in [1.29, 1.82) is 0 Å². The van der Waals surface area contributed by atoms with Gasteiger partial charge in [0.25, 0.3) is 0 Å². The van der Waals surface area contributed by atoms with Crippen LogP contribution in [0.25, 0.3) is 0 Å². The molecule has 0 aliphatic carbocycles. The van der Waals surface area contributed by atoms with Crippen LogP contribution < -0.4 is 15.5 Å². The summed E-state index contributed by atoms with van der Waals surface area (Å²) in [5.74, 6) is -2.03. The topological polar surface area (TPSA) is 78.5 Å². The zero-order chi connectivity index (χ0) is 20.5. The Morgan fingerprint density at radius 1 is 1.24 bits per heavy atom. The number of carbonyl (C=O) groups is 3. The number of amides is 3. The van der Waals surface area contributed by atoms with E-state index in [9.17, 15) is 18.8 Å². The Kier molecular flexibility index (Phi) is 5.24. The number of hydrogen-bond donors (Lipinski definition) is 2. The number of aryl methyl sites for hydroxylation is 1. The van der Waals surface area contributed by atoms with Gasteiger partial charge in [-0.15, -0.1) is 0 Å². The molecule has 0 aromatic heterocycles. The summed E-state index contributed by atoms with van der Waals surface area (Å²) in [6.07, 6.45) is 1.43. The van der Waals surface area contributed by atoms with Crippen LogP contribution in [0.3, 0.4) is 0 Å². The van der Waals surface area contributed by atoms with Gasteiger partial charge in [-0.2, -0.15) is 0 Å². The monoisotopic (exact) mass is 415 g/mol. The number of anilines is 2. The van der Waals surface area contributed by atoms with Crippen molar-refractivity contribution in [2.75, 3.05) is 16.8 Å². The highest BCUT2D eigenvalue weighted by atomic mass is 35.5. The van der Waals surface area contributed by atoms with Crippen LogP contribution in [0.5, 0.6) is 0 Å². The number of carbonyl (C=O) groups excluding carboxylic acids is 3. The van der Waals surface area contributed by atoms with E-state index in [1.807, 2.05) is 6.07 Å². The number of nitrogens with zero attached hydrogens (tertiary/aromatic N) is 1. The van der Waals surface area contributed by atoms with Crippen molar-refractivity contribution in [3.05, 3.63) is 58.4 Å². The second-order valence-corrected chi connectivity index (χ2v) is 7.53. The summed E-state index contributed by atoms with van der Waals surface area (Å²) in [6.45, 7) is 0.487. The van der Waals surface area contributed by atoms with E-state index < -0.39 is 17.6 Å². The molecule has 150 valence electrons. The van der Waals surface area contributed by atoms with Crippen molar-refractivity contribution in [2.24, 2.45) is 5.92 Å². The Hall–Kier alpha value is -2.93. The second-order valence-electron chi connectivity index (χ2n) is 7.15. The van der Waals surface area contributed by atoms with Gasteiger partial charge in [0.15, 0.2) is 0 Å². The number of rotatable bonds is 4. The summed E-state index contributed by atoms with van der Waals surface area (Å²) in [6, 6.07) is 9.84. The Bertz CT molecular complexity index is 1010. The second kappa shape index (κ2) is 7.83. The molecule has 2 aromatic carbocycles. The van der Waals surface area contributed by atoms with Crippen molar-refractivity contribution >= 4 is 40.7 Å². The van der Waals surface area contributed by atoms with Gasteiger partial charge in [0.05, 0.1) is 5.02 Å². The summed E-state index contributed by atoms with van der Waals surface area (Å²) in [7, 11) is 0. The fourth-order valence-electron chi connectivity index (χ4n) is 3.71. The van der Waals surface area contributed by atoms with E-state index in [1.165, 1.54) is 12.1 Å². The quantitative estimate of drug-likeness (QED) is 0.753. The highest BCUT2D eigenvalue weighted by Gasteiger charge is 2.37. The molecule has 4 rings (SSSR count). The van der Waals surface area contributed by atoms with Gasteiger partial charge >= 0.3 is 0 Å². The van der Waals surface area contributed by atoms with E-state index in [1.54, 1.807) is 23.1 Å². The van der Waals surface area contributed by atoms with Gasteiger partial charge in [0.1, 0.15) is 11.7 Å². The highest BCUT2D eigenvalue weighted by Crippen LogP contribution is 2.31. The maximum atomic E-state index is 13.5. The molecule has 2 aromatic rings. The van der Waals surface area contributed by atoms with Crippen LogP contribution in [0, 0.1) is 11.7 Å². The van der Waals surface area contributed by atoms with Crippen molar-refractivity contribution in [1.82, 2.24) is 5.32 Å². The van der Waals surface area contributed by atoms with Gasteiger partial charge < -0.3 is 15.5 Å². The summed E-state index contributed by atoms with van der Waals surface area (Å²) < 4.78 is 13.5. The molecule has 1 fully saturated rings. The van der Waals surface area contributed by atoms with Gasteiger partial charge in [-0.05, 0) is 48.2 Å². The van der Waals surface area contributed by atoms with Crippen LogP contribution in [-0.2, 0) is 27.3 Å². The van der Waals surface area contributed by atoms with Gasteiger partial charge in [-0.25, -0.2) is 4.39 Å². The molecule has 0 bridgehead atoms. The van der Waals surface area contributed by atoms with Gasteiger partial charge in [-0.1, -0.05) is 23.7 Å². The van der Waals surface area contributed by atoms with Crippen molar-refractivity contribution in [3.8, 4) is 0 Å². The van der Waals surface area contributed by atoms with Gasteiger partial charge in [-0.3, -0.25) is 14.4 Å². The molecule has 2 N–H and O–H groups in total. The zero-order valence-corrected chi connectivity index (χ0v) is 16.3. The lowest BCUT2D eigenvalue weighted by Gasteiger charge is -2.22. The third-order valence-electron chi connectivity index (χ3n) is 5.30. The first-order valence-electron chi connectivity index (χ1n) is 9.39. The first kappa shape index (κ1) is 19.4. The molecule has 0 spiro atoms. The molecule has 2 aliphatic rings. The summed E-state index contributed by atoms with van der Waals surface area (Å²) >= 11 is 5.91. The minimum absolute atomic E-state index is 0.0161. The smallest absolute Gasteiger partial charge is 0.239 e. The Balaban J connectivity index is 1.43. The van der Waals surface area contributed by atoms with E-state index in [0.29, 0.717) is 37.1 Å². The zero-order valence-electron chi connectivity index (χ0n) is 15.5. The lowest BCUT2D eigenvalue weighted by atomic mass is 10.0. The minimum Gasteiger partial charge on any atom is -0.351 e. The Morgan fingerprint density at radius 2 is 2.07 bits per heavy atom. The molecular formula is C21H19ClFN3O3. The number of fused-ring (bicyclic) bond motifs is 1. The first-order valence-corrected chi connectivity index (χ1v) is 9.76. The number of hydrogen-bond acceptors (Lipinski definition) is 3. The summed E-state index contributed by atoms with van der Waals surface area (Å²) in [5, 5.41) is 5.46. The Morgan fingerprint density at radius 3 is 2.90 bits per heavy atom. The van der Waals surface area contributed by atoms with Crippen LogP contribution in [0.4, 0.5) is 15.8 Å². The predicted molar refractivity (Wildman–Crippen MR) is 107 cm³/mol. The fourth-order valence-corrected chi connectivity index (χ4v) is 3.90. The number of nitrogens with one attached hydrogen (secondary N) is 2. The SMILES string of the molecule is O=C1CCc2cc(N3CCC(C(=O)NCc4cccc(F)c4Cl)C3=O)ccc2N1. The normalized spacial score (nSPS) is 18.4. The maximum Gasteiger partial charge on any atom is 0.239 e. The first-order chi connectivity index (χ1) is 13.9. The van der Waals surface area contributed by atoms with E-state index in [-0.39, 0.29) is 23.4 Å². The van der Waals surface area contributed by atoms with E-state index in [2.05, 4.69) is 10.6 Å². The molecule has 1 saturated heterocycles. The molecule has 1 atom stereocenters. The lowest BCUT2D eigenvalue weighted by molar-refractivity contribution is -0.132. The molecule has 2 heterocycles. The fraction of sp³-hybridized carbons (Fsp3) is 0.286. The highest BCUT2D eigenvalue weighted by molar-refractivity contribution is 6.31. The van der Waals surface area contributed by atoms with E-state index in [0.717, 1.165) is 11.3 Å². The molecule has 29 heavy (non-hydrogen) atoms. The molecule has 0 saturated carbocycles. The van der Waals surface area contributed by atoms with Crippen molar-refractivity contribution < 1.29 is 18.8 Å². The van der Waals surface area contributed by atoms with Crippen molar-refractivity contribution in [2.45, 2.75) is 25.8 Å². The van der Waals surface area contributed by atoms with E-state index in [4.69, 9.17) is 11.6 Å². The molecule has 3 amide bonds. The van der Waals surface area contributed by atoms with Crippen LogP contribution in [-0.4, -0.2) is 24.3 Å². The van der Waals surface area contributed by atoms with Crippen LogP contribution in [0.15, 0.2) is 36.4 Å². The molecule has 0 radical (unpaired) electrons. The van der Waals surface area contributed by atoms with Crippen LogP contribution in [0.2, 0.25) is 5.02 Å². The Labute approximate surface area is 172 Å². The van der Waals surface area contributed by atoms with E-state index >= 15 is 0 Å². The molecule has 8 heteroatoms. The maximum absolute atomic E-state index is 13.5. The lowest BCUT2D eigenvalue weighted by Crippen LogP contribution is -2.36. The molecular weight excluding hydrogens is 397 g/mol. The van der Waals surface area contributed by atoms with Crippen LogP contribution >= 0.6 is 11.6 Å². The van der Waals surface area contributed by atoms with Gasteiger partial charge in [0, 0.05) is 30.9 Å². The minimum atomic E-state index is -0.793. The summed E-state index contributed by atoms with van der Waals surface area (Å²) in [5.41, 5.74) is 2.91. The average molecular weight is 416 g/mol.